The first-order valence-corrected chi connectivity index (χ1v) is 31.8. The highest BCUT2D eigenvalue weighted by Gasteiger charge is 2.27. The summed E-state index contributed by atoms with van der Waals surface area (Å²) in [6.07, 6.45) is 37.1. The van der Waals surface area contributed by atoms with E-state index in [1.807, 2.05) is 12.1 Å². The number of carbonyl (C=O) groups is 1. The van der Waals surface area contributed by atoms with Gasteiger partial charge in [0.2, 0.25) is 5.75 Å². The third-order valence-electron chi connectivity index (χ3n) is 17.2. The van der Waals surface area contributed by atoms with E-state index in [9.17, 15) is 14.4 Å². The van der Waals surface area contributed by atoms with E-state index in [-0.39, 0.29) is 30.1 Å². The summed E-state index contributed by atoms with van der Waals surface area (Å²) in [6.45, 7) is 8.50. The SMILES string of the molecule is CCCCCCCCCCCCOc1cc(C(=O)NCCn2c(=O)c3c4ccc5ccc6ccc7ccc8ccc(c3c2=O)c2c8c7c6c5c42)cc(OCCCCCCCCCCCC)c1OCCCCCCCCCCCC. The molecule has 9 aromatic rings. The van der Waals surface area contributed by atoms with Crippen LogP contribution in [-0.4, -0.2) is 36.8 Å². The predicted molar refractivity (Wildman–Crippen MR) is 335 cm³/mol. The normalized spacial score (nSPS) is 12.1. The molecule has 0 fully saturated rings. The number of rotatable bonds is 40. The number of benzene rings is 8. The zero-order valence-electron chi connectivity index (χ0n) is 48.6. The minimum Gasteiger partial charge on any atom is -0.490 e. The van der Waals surface area contributed by atoms with Crippen molar-refractivity contribution < 1.29 is 19.0 Å². The van der Waals surface area contributed by atoms with Gasteiger partial charge in [-0.15, -0.1) is 0 Å². The second-order valence-electron chi connectivity index (χ2n) is 23.2. The molecule has 422 valence electrons. The Morgan fingerprint density at radius 1 is 0.380 bits per heavy atom. The van der Waals surface area contributed by atoms with Crippen LogP contribution in [-0.2, 0) is 6.54 Å². The van der Waals surface area contributed by atoms with Gasteiger partial charge in [0.25, 0.3) is 17.0 Å². The quantitative estimate of drug-likeness (QED) is 0.0234. The fourth-order valence-electron chi connectivity index (χ4n) is 12.8. The van der Waals surface area contributed by atoms with Gasteiger partial charge in [0.05, 0.1) is 30.6 Å². The van der Waals surface area contributed by atoms with Gasteiger partial charge in [-0.25, -0.2) is 0 Å². The van der Waals surface area contributed by atoms with Crippen molar-refractivity contribution in [3.63, 3.8) is 0 Å². The number of hydrogen-bond donors (Lipinski definition) is 1. The van der Waals surface area contributed by atoms with Crippen LogP contribution >= 0.6 is 0 Å². The van der Waals surface area contributed by atoms with Crippen LogP contribution in [0.4, 0.5) is 0 Å². The lowest BCUT2D eigenvalue weighted by Gasteiger charge is -2.20. The summed E-state index contributed by atoms with van der Waals surface area (Å²) >= 11 is 0. The second-order valence-corrected chi connectivity index (χ2v) is 23.2. The molecule has 0 atom stereocenters. The number of hydrogen-bond acceptors (Lipinski definition) is 6. The Morgan fingerprint density at radius 3 is 1.04 bits per heavy atom. The summed E-state index contributed by atoms with van der Waals surface area (Å²) in [5.74, 6) is 1.31. The van der Waals surface area contributed by atoms with E-state index in [1.54, 1.807) is 12.1 Å². The molecular weight excluding hydrogens is 977 g/mol. The molecule has 0 radical (unpaired) electrons. The fraction of sp³-hybridized carbons (Fsp3) is 0.535. The number of nitrogens with one attached hydrogen (secondary N) is 1. The lowest BCUT2D eigenvalue weighted by atomic mass is 9.81. The molecule has 0 saturated heterocycles. The lowest BCUT2D eigenvalue weighted by Crippen LogP contribution is -2.33. The van der Waals surface area contributed by atoms with Gasteiger partial charge in [-0.3, -0.25) is 19.0 Å². The monoisotopic (exact) mass is 1070 g/mol. The molecule has 8 nitrogen and oxygen atoms in total. The number of unbranched alkanes of at least 4 members (excludes halogenated alkanes) is 27. The predicted octanol–water partition coefficient (Wildman–Crippen LogP) is 19.4. The largest absolute Gasteiger partial charge is 0.490 e. The molecule has 8 heteroatoms. The molecule has 0 aliphatic rings. The van der Waals surface area contributed by atoms with Crippen LogP contribution < -0.4 is 30.6 Å². The molecule has 1 amide bonds. The molecule has 79 heavy (non-hydrogen) atoms. The Bertz CT molecular complexity index is 3200. The van der Waals surface area contributed by atoms with Gasteiger partial charge in [0, 0.05) is 18.7 Å². The third kappa shape index (κ3) is 13.8. The molecule has 1 heterocycles. The Balaban J connectivity index is 0.925. The van der Waals surface area contributed by atoms with Gasteiger partial charge in [-0.2, -0.15) is 0 Å². The second kappa shape index (κ2) is 29.5. The molecule has 8 aromatic carbocycles. The Morgan fingerprint density at radius 2 is 0.684 bits per heavy atom. The fourth-order valence-corrected chi connectivity index (χ4v) is 12.8. The van der Waals surface area contributed by atoms with Crippen molar-refractivity contribution in [1.82, 2.24) is 9.88 Å². The van der Waals surface area contributed by atoms with Crippen molar-refractivity contribution in [2.75, 3.05) is 26.4 Å². The van der Waals surface area contributed by atoms with E-state index in [4.69, 9.17) is 14.2 Å². The summed E-state index contributed by atoms with van der Waals surface area (Å²) in [5, 5.41) is 16.9. The average molecular weight is 1070 g/mol. The standard InChI is InChI=1S/C71H92N2O6/c1-4-7-10-13-16-19-22-25-28-31-46-77-58-49-55(50-59(78-47-32-29-26-23-20-17-14-11-8-5-2)68(58)79-48-33-30-27-24-21-18-15-12-9-6-3)69(74)72-44-45-73-70(75)66-56-42-40-53-38-36-51-34-35-52-37-39-54-41-43-57(67(66)71(73)76)65-63(54)61(52)60(51)62(53)64(56)65/h34-43,49-50H,4-33,44-48H2,1-3H3,(H,72,74). The molecular formula is C71H92N2O6. The maximum absolute atomic E-state index is 14.7. The topological polar surface area (TPSA) is 95.9 Å². The number of fused-ring (bicyclic) bond motifs is 3. The van der Waals surface area contributed by atoms with Crippen LogP contribution in [0.1, 0.15) is 224 Å². The lowest BCUT2D eigenvalue weighted by molar-refractivity contribution is 0.0950. The zero-order valence-corrected chi connectivity index (χ0v) is 48.6. The van der Waals surface area contributed by atoms with E-state index >= 15 is 0 Å². The third-order valence-corrected chi connectivity index (χ3v) is 17.2. The van der Waals surface area contributed by atoms with Gasteiger partial charge in [-0.1, -0.05) is 255 Å². The van der Waals surface area contributed by atoms with Gasteiger partial charge in [0.15, 0.2) is 11.5 Å². The van der Waals surface area contributed by atoms with Crippen molar-refractivity contribution in [3.8, 4) is 17.2 Å². The van der Waals surface area contributed by atoms with Crippen LogP contribution in [0.3, 0.4) is 0 Å². The first kappa shape index (κ1) is 57.8. The molecule has 0 aliphatic carbocycles. The highest BCUT2D eigenvalue weighted by Crippen LogP contribution is 2.50. The minimum atomic E-state index is -0.325. The number of amides is 1. The first-order valence-electron chi connectivity index (χ1n) is 31.8. The van der Waals surface area contributed by atoms with Crippen molar-refractivity contribution in [1.29, 1.82) is 0 Å². The Labute approximate surface area is 470 Å². The van der Waals surface area contributed by atoms with Crippen LogP contribution in [0.2, 0.25) is 0 Å². The van der Waals surface area contributed by atoms with E-state index in [0.717, 1.165) is 92.4 Å². The summed E-state index contributed by atoms with van der Waals surface area (Å²) in [4.78, 5) is 43.9. The summed E-state index contributed by atoms with van der Waals surface area (Å²) in [7, 11) is 0. The van der Waals surface area contributed by atoms with Crippen LogP contribution in [0.5, 0.6) is 17.2 Å². The molecule has 9 rings (SSSR count). The molecule has 0 aliphatic heterocycles. The summed E-state index contributed by atoms with van der Waals surface area (Å²) in [5.41, 5.74) is -0.251. The van der Waals surface area contributed by atoms with E-state index < -0.39 is 0 Å². The maximum Gasteiger partial charge on any atom is 0.262 e. The van der Waals surface area contributed by atoms with E-state index in [1.165, 1.54) is 169 Å². The van der Waals surface area contributed by atoms with Gasteiger partial charge in [0.1, 0.15) is 0 Å². The van der Waals surface area contributed by atoms with Gasteiger partial charge in [-0.05, 0) is 96.0 Å². The molecule has 0 spiro atoms. The first-order chi connectivity index (χ1) is 38.9. The van der Waals surface area contributed by atoms with Crippen LogP contribution in [0.25, 0.3) is 75.4 Å². The Kier molecular flexibility index (Phi) is 21.6. The van der Waals surface area contributed by atoms with Crippen molar-refractivity contribution in [2.24, 2.45) is 0 Å². The maximum atomic E-state index is 14.7. The van der Waals surface area contributed by atoms with Crippen molar-refractivity contribution in [2.45, 2.75) is 220 Å². The minimum absolute atomic E-state index is 0.0290. The highest BCUT2D eigenvalue weighted by atomic mass is 16.5. The van der Waals surface area contributed by atoms with Crippen molar-refractivity contribution in [3.05, 3.63) is 99.1 Å². The number of nitrogens with zero attached hydrogens (tertiary/aromatic N) is 1. The average Bonchev–Trinajstić information content (AvgIpc) is 2.68. The van der Waals surface area contributed by atoms with Gasteiger partial charge >= 0.3 is 0 Å². The molecule has 0 bridgehead atoms. The Hall–Kier alpha value is -5.89. The summed E-state index contributed by atoms with van der Waals surface area (Å²) < 4.78 is 21.2. The van der Waals surface area contributed by atoms with Gasteiger partial charge < -0.3 is 19.5 Å². The number of carbonyl (C=O) groups excluding carboxylic acids is 1. The highest BCUT2D eigenvalue weighted by molar-refractivity contribution is 6.47. The molecule has 0 saturated carbocycles. The molecule has 1 N–H and O–H groups in total. The van der Waals surface area contributed by atoms with E-state index in [0.29, 0.717) is 53.4 Å². The smallest absolute Gasteiger partial charge is 0.262 e. The van der Waals surface area contributed by atoms with Crippen molar-refractivity contribution >= 4 is 81.3 Å². The summed E-state index contributed by atoms with van der Waals surface area (Å²) in [6, 6.07) is 24.9. The number of aromatic nitrogens is 1. The molecule has 0 unspecified atom stereocenters. The molecule has 1 aromatic heterocycles. The zero-order chi connectivity index (χ0) is 54.8. The van der Waals surface area contributed by atoms with E-state index in [2.05, 4.69) is 74.6 Å². The van der Waals surface area contributed by atoms with Crippen LogP contribution in [0, 0.1) is 0 Å². The van der Waals surface area contributed by atoms with Crippen LogP contribution in [0.15, 0.2) is 82.4 Å². The number of ether oxygens (including phenoxy) is 3.